The molecule has 5 nitrogen and oxygen atoms in total. The second kappa shape index (κ2) is 4.18. The van der Waals surface area contributed by atoms with Gasteiger partial charge in [0.15, 0.2) is 17.6 Å². The number of hydrogen-bond acceptors (Lipinski definition) is 4. The number of fused-ring (bicyclic) bond motifs is 1. The molecular formula is C12H13NO4. The zero-order valence-electron chi connectivity index (χ0n) is 9.54. The molecule has 0 amide bonds. The Kier molecular flexibility index (Phi) is 2.85. The highest BCUT2D eigenvalue weighted by atomic mass is 16.4. The minimum absolute atomic E-state index is 0.162. The second-order valence-electron chi connectivity index (χ2n) is 4.17. The van der Waals surface area contributed by atoms with Crippen LogP contribution in [0.1, 0.15) is 37.3 Å². The van der Waals surface area contributed by atoms with E-state index >= 15 is 0 Å². The third-order valence-electron chi connectivity index (χ3n) is 2.47. The number of aliphatic hydroxyl groups is 1. The summed E-state index contributed by atoms with van der Waals surface area (Å²) in [5.74, 6) is -0.519. The highest BCUT2D eigenvalue weighted by molar-refractivity contribution is 5.78. The number of aromatic nitrogens is 1. The van der Waals surface area contributed by atoms with Crippen molar-refractivity contribution >= 4 is 17.1 Å². The van der Waals surface area contributed by atoms with Gasteiger partial charge in [-0.15, -0.1) is 0 Å². The van der Waals surface area contributed by atoms with E-state index in [0.29, 0.717) is 22.6 Å². The number of benzene rings is 1. The number of hydrogen-bond donors (Lipinski definition) is 2. The molecule has 0 saturated carbocycles. The van der Waals surface area contributed by atoms with Crippen LogP contribution in [0.15, 0.2) is 22.6 Å². The van der Waals surface area contributed by atoms with Crippen molar-refractivity contribution in [3.05, 3.63) is 29.7 Å². The van der Waals surface area contributed by atoms with Gasteiger partial charge >= 0.3 is 5.97 Å². The largest absolute Gasteiger partial charge is 0.479 e. The van der Waals surface area contributed by atoms with Crippen LogP contribution in [0.4, 0.5) is 0 Å². The van der Waals surface area contributed by atoms with Gasteiger partial charge in [0.2, 0.25) is 0 Å². The molecule has 0 spiro atoms. The molecule has 1 heterocycles. The number of nitrogens with zero attached hydrogens (tertiary/aromatic N) is 1. The smallest absolute Gasteiger partial charge is 0.337 e. The molecule has 0 radical (unpaired) electrons. The van der Waals surface area contributed by atoms with Crippen molar-refractivity contribution in [2.24, 2.45) is 0 Å². The summed E-state index contributed by atoms with van der Waals surface area (Å²) in [5.41, 5.74) is 1.45. The lowest BCUT2D eigenvalue weighted by atomic mass is 10.1. The highest BCUT2D eigenvalue weighted by Gasteiger charge is 2.17. The van der Waals surface area contributed by atoms with Crippen molar-refractivity contribution in [2.45, 2.75) is 25.9 Å². The van der Waals surface area contributed by atoms with Crippen molar-refractivity contribution in [1.82, 2.24) is 4.98 Å². The molecule has 17 heavy (non-hydrogen) atoms. The predicted octanol–water partition coefficient (Wildman–Crippen LogP) is 2.07. The van der Waals surface area contributed by atoms with Crippen LogP contribution in [0.2, 0.25) is 0 Å². The Morgan fingerprint density at radius 2 is 2.12 bits per heavy atom. The Morgan fingerprint density at radius 1 is 1.41 bits per heavy atom. The third kappa shape index (κ3) is 2.14. The van der Waals surface area contributed by atoms with Crippen molar-refractivity contribution in [2.75, 3.05) is 0 Å². The predicted molar refractivity (Wildman–Crippen MR) is 60.7 cm³/mol. The van der Waals surface area contributed by atoms with Gasteiger partial charge in [0, 0.05) is 5.92 Å². The van der Waals surface area contributed by atoms with Gasteiger partial charge in [0.05, 0.1) is 0 Å². The normalized spacial score (nSPS) is 13.2. The number of carbonyl (C=O) groups is 1. The molecule has 1 aromatic carbocycles. The Bertz CT molecular complexity index is 559. The second-order valence-corrected chi connectivity index (χ2v) is 4.17. The van der Waals surface area contributed by atoms with Crippen LogP contribution in [0.25, 0.3) is 11.1 Å². The molecule has 2 aromatic rings. The molecule has 1 unspecified atom stereocenters. The van der Waals surface area contributed by atoms with Gasteiger partial charge in [-0.1, -0.05) is 19.9 Å². The molecule has 0 aliphatic heterocycles. The van der Waals surface area contributed by atoms with E-state index in [1.54, 1.807) is 6.07 Å². The summed E-state index contributed by atoms with van der Waals surface area (Å²) in [4.78, 5) is 14.9. The SMILES string of the molecule is CC(C)c1nc2cc(C(O)C(=O)O)ccc2o1. The monoisotopic (exact) mass is 235 g/mol. The lowest BCUT2D eigenvalue weighted by Gasteiger charge is -2.03. The molecule has 5 heteroatoms. The molecule has 90 valence electrons. The van der Waals surface area contributed by atoms with E-state index < -0.39 is 12.1 Å². The fourth-order valence-electron chi connectivity index (χ4n) is 1.52. The fraction of sp³-hybridized carbons (Fsp3) is 0.333. The van der Waals surface area contributed by atoms with Gasteiger partial charge in [-0.2, -0.15) is 0 Å². The van der Waals surface area contributed by atoms with E-state index in [4.69, 9.17) is 9.52 Å². The zero-order chi connectivity index (χ0) is 12.6. The number of carboxylic acids is 1. The summed E-state index contributed by atoms with van der Waals surface area (Å²) in [5, 5.41) is 18.1. The first kappa shape index (κ1) is 11.6. The summed E-state index contributed by atoms with van der Waals surface area (Å²) in [6.45, 7) is 3.91. The first-order valence-electron chi connectivity index (χ1n) is 5.30. The molecule has 0 aliphatic carbocycles. The molecule has 1 aromatic heterocycles. The molecule has 2 rings (SSSR count). The van der Waals surface area contributed by atoms with Gasteiger partial charge < -0.3 is 14.6 Å². The Balaban J connectivity index is 2.46. The van der Waals surface area contributed by atoms with E-state index in [1.165, 1.54) is 12.1 Å². The Labute approximate surface area is 97.7 Å². The topological polar surface area (TPSA) is 83.6 Å². The van der Waals surface area contributed by atoms with Crippen LogP contribution in [-0.4, -0.2) is 21.2 Å². The lowest BCUT2D eigenvalue weighted by molar-refractivity contribution is -0.146. The minimum atomic E-state index is -1.53. The first-order chi connectivity index (χ1) is 7.99. The molecule has 1 atom stereocenters. The van der Waals surface area contributed by atoms with Gasteiger partial charge in [-0.3, -0.25) is 0 Å². The fourth-order valence-corrected chi connectivity index (χ4v) is 1.52. The van der Waals surface area contributed by atoms with Crippen molar-refractivity contribution < 1.29 is 19.4 Å². The van der Waals surface area contributed by atoms with Crippen LogP contribution in [0, 0.1) is 0 Å². The molecular weight excluding hydrogens is 222 g/mol. The minimum Gasteiger partial charge on any atom is -0.479 e. The van der Waals surface area contributed by atoms with E-state index in [1.807, 2.05) is 13.8 Å². The van der Waals surface area contributed by atoms with Crippen molar-refractivity contribution in [3.8, 4) is 0 Å². The Morgan fingerprint density at radius 3 is 2.71 bits per heavy atom. The first-order valence-corrected chi connectivity index (χ1v) is 5.30. The van der Waals surface area contributed by atoms with E-state index in [9.17, 15) is 9.90 Å². The van der Waals surface area contributed by atoms with Gasteiger partial charge in [-0.25, -0.2) is 9.78 Å². The molecule has 0 saturated heterocycles. The number of rotatable bonds is 3. The third-order valence-corrected chi connectivity index (χ3v) is 2.47. The Hall–Kier alpha value is -1.88. The number of aliphatic carboxylic acids is 1. The van der Waals surface area contributed by atoms with Crippen LogP contribution >= 0.6 is 0 Å². The summed E-state index contributed by atoms with van der Waals surface area (Å²) < 4.78 is 5.48. The van der Waals surface area contributed by atoms with Crippen molar-refractivity contribution in [1.29, 1.82) is 0 Å². The van der Waals surface area contributed by atoms with Gasteiger partial charge in [0.25, 0.3) is 0 Å². The van der Waals surface area contributed by atoms with Crippen LogP contribution in [0.5, 0.6) is 0 Å². The average Bonchev–Trinajstić information content (AvgIpc) is 2.70. The molecule has 0 fully saturated rings. The summed E-state index contributed by atoms with van der Waals surface area (Å²) >= 11 is 0. The molecule has 2 N–H and O–H groups in total. The standard InChI is InChI=1S/C12H13NO4/c1-6(2)11-13-8-5-7(10(14)12(15)16)3-4-9(8)17-11/h3-6,10,14H,1-2H3,(H,15,16). The quantitative estimate of drug-likeness (QED) is 0.850. The van der Waals surface area contributed by atoms with Gasteiger partial charge in [-0.05, 0) is 17.7 Å². The summed E-state index contributed by atoms with van der Waals surface area (Å²) in [6.07, 6.45) is -1.53. The zero-order valence-corrected chi connectivity index (χ0v) is 9.54. The summed E-state index contributed by atoms with van der Waals surface area (Å²) in [6, 6.07) is 4.68. The van der Waals surface area contributed by atoms with Crippen LogP contribution in [0.3, 0.4) is 0 Å². The molecule has 0 bridgehead atoms. The molecule has 0 aliphatic rings. The maximum atomic E-state index is 10.7. The number of carboxylic acid groups (broad SMARTS) is 1. The summed E-state index contributed by atoms with van der Waals surface area (Å²) in [7, 11) is 0. The van der Waals surface area contributed by atoms with E-state index in [2.05, 4.69) is 4.98 Å². The van der Waals surface area contributed by atoms with E-state index in [-0.39, 0.29) is 5.92 Å². The lowest BCUT2D eigenvalue weighted by Crippen LogP contribution is -2.10. The highest BCUT2D eigenvalue weighted by Crippen LogP contribution is 2.24. The van der Waals surface area contributed by atoms with Gasteiger partial charge in [0.1, 0.15) is 5.52 Å². The van der Waals surface area contributed by atoms with E-state index in [0.717, 1.165) is 0 Å². The maximum Gasteiger partial charge on any atom is 0.337 e. The maximum absolute atomic E-state index is 10.7. The average molecular weight is 235 g/mol. The number of oxazole rings is 1. The number of aliphatic hydroxyl groups excluding tert-OH is 1. The van der Waals surface area contributed by atoms with Crippen LogP contribution < -0.4 is 0 Å². The van der Waals surface area contributed by atoms with Crippen LogP contribution in [-0.2, 0) is 4.79 Å². The van der Waals surface area contributed by atoms with Crippen molar-refractivity contribution in [3.63, 3.8) is 0 Å².